The number of carbonyl (C=O) groups is 1. The Balaban J connectivity index is 1.53. The fourth-order valence-electron chi connectivity index (χ4n) is 2.89. The van der Waals surface area contributed by atoms with Crippen LogP contribution in [-0.2, 0) is 4.74 Å². The Kier molecular flexibility index (Phi) is 5.29. The van der Waals surface area contributed by atoms with E-state index in [4.69, 9.17) is 4.74 Å². The zero-order chi connectivity index (χ0) is 12.8. The first-order chi connectivity index (χ1) is 8.74. The van der Waals surface area contributed by atoms with E-state index < -0.39 is 0 Å². The standard InChI is InChI=1S/C14H26N2O2/c1-11-2-4-12(5-3-11)6-8-15-14(17)16-13-7-9-18-10-13/h11-13H,2-10H2,1H3,(H2,15,16,17). The molecule has 1 saturated heterocycles. The molecule has 1 heterocycles. The molecule has 2 rings (SSSR count). The molecule has 2 aliphatic rings. The van der Waals surface area contributed by atoms with Crippen molar-refractivity contribution in [2.45, 2.75) is 51.5 Å². The summed E-state index contributed by atoms with van der Waals surface area (Å²) in [5, 5.41) is 5.91. The predicted molar refractivity (Wildman–Crippen MR) is 71.5 cm³/mol. The Morgan fingerprint density at radius 1 is 1.22 bits per heavy atom. The molecule has 4 heteroatoms. The Hall–Kier alpha value is -0.770. The zero-order valence-electron chi connectivity index (χ0n) is 11.4. The van der Waals surface area contributed by atoms with Crippen LogP contribution in [0, 0.1) is 11.8 Å². The quantitative estimate of drug-likeness (QED) is 0.808. The van der Waals surface area contributed by atoms with Crippen LogP contribution in [0.25, 0.3) is 0 Å². The molecule has 1 atom stereocenters. The van der Waals surface area contributed by atoms with Crippen molar-refractivity contribution in [3.8, 4) is 0 Å². The van der Waals surface area contributed by atoms with E-state index in [1.54, 1.807) is 0 Å². The summed E-state index contributed by atoms with van der Waals surface area (Å²) < 4.78 is 5.23. The molecule has 4 nitrogen and oxygen atoms in total. The molecule has 0 aromatic heterocycles. The highest BCUT2D eigenvalue weighted by atomic mass is 16.5. The first-order valence-corrected chi connectivity index (χ1v) is 7.36. The lowest BCUT2D eigenvalue weighted by molar-refractivity contribution is 0.188. The molecule has 18 heavy (non-hydrogen) atoms. The Labute approximate surface area is 110 Å². The van der Waals surface area contributed by atoms with Crippen molar-refractivity contribution in [2.75, 3.05) is 19.8 Å². The molecule has 0 radical (unpaired) electrons. The van der Waals surface area contributed by atoms with Crippen LogP contribution >= 0.6 is 0 Å². The van der Waals surface area contributed by atoms with Gasteiger partial charge in [0.25, 0.3) is 0 Å². The summed E-state index contributed by atoms with van der Waals surface area (Å²) in [6.07, 6.45) is 7.45. The second kappa shape index (κ2) is 6.98. The van der Waals surface area contributed by atoms with E-state index in [-0.39, 0.29) is 12.1 Å². The molecule has 1 aliphatic carbocycles. The van der Waals surface area contributed by atoms with Gasteiger partial charge >= 0.3 is 6.03 Å². The van der Waals surface area contributed by atoms with Gasteiger partial charge in [0.2, 0.25) is 0 Å². The van der Waals surface area contributed by atoms with Gasteiger partial charge in [-0.25, -0.2) is 4.79 Å². The summed E-state index contributed by atoms with van der Waals surface area (Å²) in [5.74, 6) is 1.72. The fraction of sp³-hybridized carbons (Fsp3) is 0.929. The van der Waals surface area contributed by atoms with Crippen molar-refractivity contribution in [2.24, 2.45) is 11.8 Å². The van der Waals surface area contributed by atoms with Gasteiger partial charge in [0.1, 0.15) is 0 Å². The van der Waals surface area contributed by atoms with Gasteiger partial charge in [0.15, 0.2) is 0 Å². The van der Waals surface area contributed by atoms with E-state index in [1.165, 1.54) is 25.7 Å². The average Bonchev–Trinajstić information content (AvgIpc) is 2.84. The first-order valence-electron chi connectivity index (χ1n) is 7.36. The number of carbonyl (C=O) groups excluding carboxylic acids is 1. The summed E-state index contributed by atoms with van der Waals surface area (Å²) in [4.78, 5) is 11.6. The second-order valence-corrected chi connectivity index (χ2v) is 5.88. The van der Waals surface area contributed by atoms with Gasteiger partial charge in [-0.2, -0.15) is 0 Å². The Morgan fingerprint density at radius 2 is 2.00 bits per heavy atom. The molecule has 1 unspecified atom stereocenters. The van der Waals surface area contributed by atoms with Crippen LogP contribution in [0.15, 0.2) is 0 Å². The van der Waals surface area contributed by atoms with E-state index in [0.29, 0.717) is 6.61 Å². The van der Waals surface area contributed by atoms with E-state index >= 15 is 0 Å². The normalized spacial score (nSPS) is 32.2. The average molecular weight is 254 g/mol. The fourth-order valence-corrected chi connectivity index (χ4v) is 2.89. The molecule has 1 saturated carbocycles. The molecule has 0 aromatic rings. The number of amides is 2. The van der Waals surface area contributed by atoms with E-state index in [2.05, 4.69) is 17.6 Å². The number of nitrogens with one attached hydrogen (secondary N) is 2. The van der Waals surface area contributed by atoms with Crippen LogP contribution in [0.4, 0.5) is 4.79 Å². The second-order valence-electron chi connectivity index (χ2n) is 5.88. The third kappa shape index (κ3) is 4.48. The lowest BCUT2D eigenvalue weighted by Gasteiger charge is -2.26. The van der Waals surface area contributed by atoms with Gasteiger partial charge in [0.05, 0.1) is 12.6 Å². The molecule has 104 valence electrons. The topological polar surface area (TPSA) is 50.4 Å². The van der Waals surface area contributed by atoms with Gasteiger partial charge in [-0.15, -0.1) is 0 Å². The minimum absolute atomic E-state index is 0.0327. The number of ether oxygens (including phenoxy) is 1. The van der Waals surface area contributed by atoms with Crippen LogP contribution in [0.5, 0.6) is 0 Å². The summed E-state index contributed by atoms with van der Waals surface area (Å²) in [6, 6.07) is 0.176. The van der Waals surface area contributed by atoms with Crippen molar-refractivity contribution in [3.05, 3.63) is 0 Å². The molecule has 2 N–H and O–H groups in total. The van der Waals surface area contributed by atoms with Gasteiger partial charge in [-0.3, -0.25) is 0 Å². The third-order valence-corrected chi connectivity index (χ3v) is 4.24. The van der Waals surface area contributed by atoms with Crippen molar-refractivity contribution in [3.63, 3.8) is 0 Å². The molecule has 2 amide bonds. The summed E-state index contributed by atoms with van der Waals surface area (Å²) in [7, 11) is 0. The third-order valence-electron chi connectivity index (χ3n) is 4.24. The molecular weight excluding hydrogens is 228 g/mol. The highest BCUT2D eigenvalue weighted by molar-refractivity contribution is 5.74. The largest absolute Gasteiger partial charge is 0.379 e. The summed E-state index contributed by atoms with van der Waals surface area (Å²) in [6.45, 7) is 4.57. The van der Waals surface area contributed by atoms with Gasteiger partial charge in [0, 0.05) is 13.2 Å². The maximum Gasteiger partial charge on any atom is 0.315 e. The molecule has 0 aromatic carbocycles. The lowest BCUT2D eigenvalue weighted by atomic mass is 9.81. The van der Waals surface area contributed by atoms with E-state index in [1.807, 2.05) is 0 Å². The molecule has 1 aliphatic heterocycles. The number of hydrogen-bond donors (Lipinski definition) is 2. The highest BCUT2D eigenvalue weighted by Crippen LogP contribution is 2.29. The smallest absolute Gasteiger partial charge is 0.315 e. The molecular formula is C14H26N2O2. The van der Waals surface area contributed by atoms with Crippen molar-refractivity contribution < 1.29 is 9.53 Å². The number of rotatable bonds is 4. The monoisotopic (exact) mass is 254 g/mol. The summed E-state index contributed by atoms with van der Waals surface area (Å²) in [5.41, 5.74) is 0. The van der Waals surface area contributed by atoms with Gasteiger partial charge < -0.3 is 15.4 Å². The van der Waals surface area contributed by atoms with Crippen LogP contribution in [0.2, 0.25) is 0 Å². The molecule has 0 bridgehead atoms. The predicted octanol–water partition coefficient (Wildman–Crippen LogP) is 2.29. The van der Waals surface area contributed by atoms with Crippen molar-refractivity contribution in [1.82, 2.24) is 10.6 Å². The first kappa shape index (κ1) is 13.7. The van der Waals surface area contributed by atoms with Gasteiger partial charge in [-0.1, -0.05) is 32.6 Å². The minimum Gasteiger partial charge on any atom is -0.379 e. The van der Waals surface area contributed by atoms with E-state index in [9.17, 15) is 4.79 Å². The zero-order valence-corrected chi connectivity index (χ0v) is 11.4. The minimum atomic E-state index is -0.0327. The van der Waals surface area contributed by atoms with Gasteiger partial charge in [-0.05, 0) is 24.7 Å². The summed E-state index contributed by atoms with van der Waals surface area (Å²) >= 11 is 0. The van der Waals surface area contributed by atoms with Crippen LogP contribution < -0.4 is 10.6 Å². The Bertz CT molecular complexity index is 257. The van der Waals surface area contributed by atoms with Crippen LogP contribution in [0.1, 0.15) is 45.4 Å². The maximum absolute atomic E-state index is 11.6. The lowest BCUT2D eigenvalue weighted by Crippen LogP contribution is -2.43. The maximum atomic E-state index is 11.6. The highest BCUT2D eigenvalue weighted by Gasteiger charge is 2.19. The van der Waals surface area contributed by atoms with Crippen LogP contribution in [0.3, 0.4) is 0 Å². The van der Waals surface area contributed by atoms with Crippen molar-refractivity contribution >= 4 is 6.03 Å². The van der Waals surface area contributed by atoms with Crippen molar-refractivity contribution in [1.29, 1.82) is 0 Å². The Morgan fingerprint density at radius 3 is 2.67 bits per heavy atom. The molecule has 0 spiro atoms. The molecule has 2 fully saturated rings. The SMILES string of the molecule is CC1CCC(CCNC(=O)NC2CCOC2)CC1. The van der Waals surface area contributed by atoms with Crippen LogP contribution in [-0.4, -0.2) is 31.8 Å². The number of urea groups is 1. The number of hydrogen-bond acceptors (Lipinski definition) is 2. The van der Waals surface area contributed by atoms with E-state index in [0.717, 1.165) is 37.8 Å².